The molecule has 11 atom stereocenters. The van der Waals surface area contributed by atoms with Crippen LogP contribution in [0.4, 0.5) is 19.2 Å². The van der Waals surface area contributed by atoms with Gasteiger partial charge in [0.15, 0.2) is 0 Å². The Bertz CT molecular complexity index is 2510. The number of alkyl carbamates (subject to hydrolysis) is 4. The molecule has 0 spiro atoms. The molecule has 33 heteroatoms. The standard InChI is InChI=1S/C59H106N14O19/c1-18-19-34-43(76)67-36(21-26-62-52(85)89-56(6,7)8)45(78)70-39(24-29-65-55(88)92-59(15,16)17)48(81)73-42(33(5)75)51(84)61-25-20-35(68-46(79)38(71-50(83)41(60)32(4)74)23-28-64-54(87)91-58(12,13)14)44(77)69-37(22-27-63-53(86)90-57(9,10)11)47(80)72-40(30-31(2)3)49(82)66-34/h31-42,74-75H,18-30,60H2,1-17H3,(H,61,84)(H,62,85)(H,63,86)(H,64,87)(H,65,88)(H,66,82)(H,67,76)(H,68,79)(H,69,77)(H,70,78)(H,71,83)(H,72,80)(H,73,81)/t32?,33?,34-,35-,36-,37-,38-,39-,40+,41-,42-/m0/s1. The zero-order chi connectivity index (χ0) is 70.6. The van der Waals surface area contributed by atoms with Gasteiger partial charge in [0.1, 0.15) is 76.8 Å². The molecule has 0 radical (unpaired) electrons. The Morgan fingerprint density at radius 3 is 1.21 bits per heavy atom. The maximum atomic E-state index is 14.8. The van der Waals surface area contributed by atoms with E-state index in [1.807, 2.05) is 0 Å². The third kappa shape index (κ3) is 34.6. The van der Waals surface area contributed by atoms with Crippen LogP contribution in [0.15, 0.2) is 0 Å². The van der Waals surface area contributed by atoms with E-state index in [-0.39, 0.29) is 64.2 Å². The predicted molar refractivity (Wildman–Crippen MR) is 334 cm³/mol. The van der Waals surface area contributed by atoms with E-state index in [1.165, 1.54) is 6.92 Å². The lowest BCUT2D eigenvalue weighted by atomic mass is 10.0. The Kier molecular flexibility index (Phi) is 34.2. The summed E-state index contributed by atoms with van der Waals surface area (Å²) in [5, 5.41) is 53.9. The molecule has 33 nitrogen and oxygen atoms in total. The zero-order valence-electron chi connectivity index (χ0n) is 56.5. The molecule has 2 unspecified atom stereocenters. The van der Waals surface area contributed by atoms with Crippen LogP contribution in [0.2, 0.25) is 0 Å². The summed E-state index contributed by atoms with van der Waals surface area (Å²) < 4.78 is 21.3. The highest BCUT2D eigenvalue weighted by molar-refractivity contribution is 5.98. The Morgan fingerprint density at radius 1 is 0.500 bits per heavy atom. The summed E-state index contributed by atoms with van der Waals surface area (Å²) in [6.45, 7) is 24.9. The number of carbonyl (C=O) groups excluding carboxylic acids is 13. The lowest BCUT2D eigenvalue weighted by molar-refractivity contribution is -0.136. The van der Waals surface area contributed by atoms with Crippen LogP contribution in [-0.4, -0.2) is 209 Å². The maximum absolute atomic E-state index is 14.8. The predicted octanol–water partition coefficient (Wildman–Crippen LogP) is -1.02. The van der Waals surface area contributed by atoms with Crippen LogP contribution in [-0.2, 0) is 62.1 Å². The highest BCUT2D eigenvalue weighted by atomic mass is 16.6. The molecule has 0 saturated carbocycles. The second-order valence-corrected chi connectivity index (χ2v) is 26.8. The number of aliphatic hydroxyl groups is 2. The van der Waals surface area contributed by atoms with Crippen LogP contribution in [0.3, 0.4) is 0 Å². The molecule has 1 fully saturated rings. The monoisotopic (exact) mass is 1310 g/mol. The highest BCUT2D eigenvalue weighted by Crippen LogP contribution is 2.14. The molecular formula is C59H106N14O19. The molecule has 0 aromatic carbocycles. The van der Waals surface area contributed by atoms with Gasteiger partial charge in [-0.1, -0.05) is 27.2 Å². The van der Waals surface area contributed by atoms with Crippen molar-refractivity contribution >= 4 is 77.5 Å². The first-order chi connectivity index (χ1) is 42.3. The summed E-state index contributed by atoms with van der Waals surface area (Å²) in [5.41, 5.74) is 2.14. The van der Waals surface area contributed by atoms with E-state index in [2.05, 4.69) is 69.1 Å². The summed E-state index contributed by atoms with van der Waals surface area (Å²) in [6, 6.07) is -14.6. The Labute approximate surface area is 539 Å². The molecule has 0 aromatic rings. The first kappa shape index (κ1) is 82.2. The van der Waals surface area contributed by atoms with Crippen molar-refractivity contribution in [3.63, 3.8) is 0 Å². The van der Waals surface area contributed by atoms with E-state index >= 15 is 0 Å². The lowest BCUT2D eigenvalue weighted by Gasteiger charge is -2.29. The van der Waals surface area contributed by atoms with E-state index in [1.54, 1.807) is 104 Å². The van der Waals surface area contributed by atoms with Crippen LogP contribution >= 0.6 is 0 Å². The third-order valence-electron chi connectivity index (χ3n) is 12.7. The highest BCUT2D eigenvalue weighted by Gasteiger charge is 2.37. The normalized spacial score (nSPS) is 21.8. The van der Waals surface area contributed by atoms with Gasteiger partial charge in [0.05, 0.1) is 12.2 Å². The smallest absolute Gasteiger partial charge is 0.407 e. The first-order valence-corrected chi connectivity index (χ1v) is 31.0. The molecule has 92 heavy (non-hydrogen) atoms. The fourth-order valence-electron chi connectivity index (χ4n) is 8.37. The summed E-state index contributed by atoms with van der Waals surface area (Å²) >= 11 is 0. The number of carbonyl (C=O) groups is 13. The number of amides is 13. The van der Waals surface area contributed by atoms with E-state index in [4.69, 9.17) is 24.7 Å². The van der Waals surface area contributed by atoms with Gasteiger partial charge in [-0.25, -0.2) is 19.2 Å². The number of hydrogen-bond donors (Lipinski definition) is 16. The minimum Gasteiger partial charge on any atom is -0.444 e. The zero-order valence-corrected chi connectivity index (χ0v) is 56.5. The van der Waals surface area contributed by atoms with Gasteiger partial charge in [0.2, 0.25) is 53.2 Å². The largest absolute Gasteiger partial charge is 0.444 e. The van der Waals surface area contributed by atoms with Crippen LogP contribution < -0.4 is 74.9 Å². The van der Waals surface area contributed by atoms with Gasteiger partial charge < -0.3 is 104 Å². The molecule has 526 valence electrons. The number of nitrogens with two attached hydrogens (primary N) is 1. The number of aliphatic hydroxyl groups excluding tert-OH is 2. The minimum atomic E-state index is -1.84. The molecule has 1 saturated heterocycles. The molecule has 13 amide bonds. The quantitative estimate of drug-likeness (QED) is 0.0577. The van der Waals surface area contributed by atoms with Crippen LogP contribution in [0.5, 0.6) is 0 Å². The van der Waals surface area contributed by atoms with Gasteiger partial charge in [-0.05, 0) is 148 Å². The van der Waals surface area contributed by atoms with E-state index in [0.717, 1.165) is 6.92 Å². The maximum Gasteiger partial charge on any atom is 0.407 e. The lowest BCUT2D eigenvalue weighted by Crippen LogP contribution is -2.61. The molecule has 1 heterocycles. The van der Waals surface area contributed by atoms with Crippen LogP contribution in [0.1, 0.15) is 169 Å². The molecule has 0 aliphatic carbocycles. The summed E-state index contributed by atoms with van der Waals surface area (Å²) in [7, 11) is 0. The van der Waals surface area contributed by atoms with Gasteiger partial charge in [0.25, 0.3) is 0 Å². The fourth-order valence-corrected chi connectivity index (χ4v) is 8.37. The number of nitrogens with one attached hydrogen (secondary N) is 13. The third-order valence-corrected chi connectivity index (χ3v) is 12.7. The van der Waals surface area contributed by atoms with Gasteiger partial charge >= 0.3 is 24.4 Å². The Morgan fingerprint density at radius 2 is 0.848 bits per heavy atom. The Balaban J connectivity index is 4.28. The molecule has 17 N–H and O–H groups in total. The van der Waals surface area contributed by atoms with Crippen molar-refractivity contribution in [3.05, 3.63) is 0 Å². The van der Waals surface area contributed by atoms with Crippen molar-refractivity contribution in [2.45, 2.75) is 258 Å². The van der Waals surface area contributed by atoms with Gasteiger partial charge in [0, 0.05) is 32.7 Å². The second kappa shape index (κ2) is 38.3. The van der Waals surface area contributed by atoms with Crippen molar-refractivity contribution in [2.24, 2.45) is 11.7 Å². The Hall–Kier alpha value is -7.81. The SMILES string of the molecule is CCC[C@@H]1NC(=O)[C@@H](CC(C)C)NC(=O)[C@H](CCNC(=O)OC(C)(C)C)NC(=O)[C@@H](NC(=O)[C@H](CCNC(=O)OC(C)(C)C)NC(=O)[C@@H](N)C(C)O)CCNC(=O)[C@H](C(C)O)NC(=O)[C@H](CCNC(=O)OC(C)(C)C)NC(=O)[C@H](CCNC(=O)OC(C)(C)C)NC1=O. The van der Waals surface area contributed by atoms with Gasteiger partial charge in [-0.3, -0.25) is 43.2 Å². The average Bonchev–Trinajstić information content (AvgIpc) is 1.13. The van der Waals surface area contributed by atoms with Crippen LogP contribution in [0, 0.1) is 5.92 Å². The van der Waals surface area contributed by atoms with Crippen molar-refractivity contribution in [3.8, 4) is 0 Å². The van der Waals surface area contributed by atoms with Gasteiger partial charge in [-0.2, -0.15) is 0 Å². The van der Waals surface area contributed by atoms with Crippen molar-refractivity contribution < 1.29 is 91.5 Å². The first-order valence-electron chi connectivity index (χ1n) is 31.0. The molecule has 0 aromatic heterocycles. The topological polar surface area (TPSA) is 482 Å². The number of ether oxygens (including phenoxy) is 4. The molecule has 0 bridgehead atoms. The number of hydrogen-bond acceptors (Lipinski definition) is 20. The van der Waals surface area contributed by atoms with Crippen molar-refractivity contribution in [2.75, 3.05) is 32.7 Å². The summed E-state index contributed by atoms with van der Waals surface area (Å²) in [6.07, 6.45) is -8.64. The molecular weight excluding hydrogens is 1210 g/mol. The van der Waals surface area contributed by atoms with E-state index in [0.29, 0.717) is 0 Å². The average molecular weight is 1320 g/mol. The van der Waals surface area contributed by atoms with E-state index < -0.39 is 192 Å². The molecule has 1 aliphatic heterocycles. The number of rotatable bonds is 22. The minimum absolute atomic E-state index is 0.0468. The fraction of sp³-hybridized carbons (Fsp3) is 0.780. The second-order valence-electron chi connectivity index (χ2n) is 26.8. The molecule has 1 rings (SSSR count). The van der Waals surface area contributed by atoms with Gasteiger partial charge in [-0.15, -0.1) is 0 Å². The van der Waals surface area contributed by atoms with Crippen molar-refractivity contribution in [1.29, 1.82) is 0 Å². The summed E-state index contributed by atoms with van der Waals surface area (Å²) in [4.78, 5) is 180. The van der Waals surface area contributed by atoms with Crippen LogP contribution in [0.25, 0.3) is 0 Å². The van der Waals surface area contributed by atoms with E-state index in [9.17, 15) is 72.5 Å². The molecule has 1 aliphatic rings. The summed E-state index contributed by atoms with van der Waals surface area (Å²) in [5.74, 6) is -9.62. The van der Waals surface area contributed by atoms with Crippen molar-refractivity contribution in [1.82, 2.24) is 69.1 Å².